The lowest BCUT2D eigenvalue weighted by molar-refractivity contribution is -0.115. The van der Waals surface area contributed by atoms with Crippen molar-refractivity contribution in [1.29, 1.82) is 0 Å². The molecular weight excluding hydrogens is 382 g/mol. The van der Waals surface area contributed by atoms with Crippen LogP contribution < -0.4 is 10.1 Å². The van der Waals surface area contributed by atoms with E-state index >= 15 is 0 Å². The van der Waals surface area contributed by atoms with Gasteiger partial charge in [-0.1, -0.05) is 18.2 Å². The van der Waals surface area contributed by atoms with Crippen molar-refractivity contribution in [1.82, 2.24) is 20.2 Å². The first-order chi connectivity index (χ1) is 13.4. The molecule has 0 atom stereocenters. The van der Waals surface area contributed by atoms with Crippen LogP contribution >= 0.6 is 0 Å². The summed E-state index contributed by atoms with van der Waals surface area (Å²) in [6.07, 6.45) is 2.85. The van der Waals surface area contributed by atoms with Crippen molar-refractivity contribution >= 4 is 21.4 Å². The number of tetrazole rings is 1. The highest BCUT2D eigenvalue weighted by Crippen LogP contribution is 2.18. The minimum absolute atomic E-state index is 0.0594. The molecule has 3 aromatic rings. The van der Waals surface area contributed by atoms with Gasteiger partial charge in [-0.3, -0.25) is 4.79 Å². The summed E-state index contributed by atoms with van der Waals surface area (Å²) in [6.45, 7) is 0.0594. The van der Waals surface area contributed by atoms with Crippen molar-refractivity contribution in [3.05, 3.63) is 60.4 Å². The molecule has 0 radical (unpaired) electrons. The van der Waals surface area contributed by atoms with Gasteiger partial charge in [0.2, 0.25) is 5.91 Å². The molecule has 2 aromatic carbocycles. The second-order valence-corrected chi connectivity index (χ2v) is 8.41. The Morgan fingerprint density at radius 1 is 1.18 bits per heavy atom. The smallest absolute Gasteiger partial charge is 0.228 e. The first kappa shape index (κ1) is 19.5. The van der Waals surface area contributed by atoms with Gasteiger partial charge in [-0.05, 0) is 40.3 Å². The van der Waals surface area contributed by atoms with Gasteiger partial charge in [-0.15, -0.1) is 5.10 Å². The van der Waals surface area contributed by atoms with Crippen molar-refractivity contribution in [2.75, 3.05) is 23.9 Å². The molecule has 0 spiro atoms. The summed E-state index contributed by atoms with van der Waals surface area (Å²) in [4.78, 5) is 12.3. The van der Waals surface area contributed by atoms with Gasteiger partial charge in [-0.2, -0.15) is 0 Å². The van der Waals surface area contributed by atoms with Gasteiger partial charge in [0.25, 0.3) is 0 Å². The molecule has 10 heteroatoms. The van der Waals surface area contributed by atoms with Crippen LogP contribution in [0.2, 0.25) is 0 Å². The Morgan fingerprint density at radius 3 is 2.64 bits per heavy atom. The average Bonchev–Trinajstić information content (AvgIpc) is 3.16. The summed E-state index contributed by atoms with van der Waals surface area (Å²) < 4.78 is 29.2. The topological polar surface area (TPSA) is 116 Å². The number of anilines is 1. The fourth-order valence-corrected chi connectivity index (χ4v) is 2.80. The SMILES string of the molecule is CS(=O)(=O)CCOc1cccc(NC(=O)Cc2ccc(-n3cnnn3)cc2)c1. The van der Waals surface area contributed by atoms with Crippen molar-refractivity contribution in [3.63, 3.8) is 0 Å². The lowest BCUT2D eigenvalue weighted by Gasteiger charge is -2.09. The number of aromatic nitrogens is 4. The van der Waals surface area contributed by atoms with E-state index in [9.17, 15) is 13.2 Å². The minimum Gasteiger partial charge on any atom is -0.492 e. The van der Waals surface area contributed by atoms with E-state index in [1.165, 1.54) is 11.0 Å². The third-order valence-electron chi connectivity index (χ3n) is 3.76. The molecular formula is C18H19N5O4S. The van der Waals surface area contributed by atoms with Crippen molar-refractivity contribution in [3.8, 4) is 11.4 Å². The average molecular weight is 401 g/mol. The van der Waals surface area contributed by atoms with Gasteiger partial charge in [0.15, 0.2) is 9.84 Å². The zero-order chi connectivity index (χ0) is 20.0. The van der Waals surface area contributed by atoms with E-state index in [1.54, 1.807) is 24.3 Å². The molecule has 0 bridgehead atoms. The molecule has 1 heterocycles. The fraction of sp³-hybridized carbons (Fsp3) is 0.222. The van der Waals surface area contributed by atoms with E-state index in [1.807, 2.05) is 24.3 Å². The van der Waals surface area contributed by atoms with Gasteiger partial charge >= 0.3 is 0 Å². The Hall–Kier alpha value is -3.27. The molecule has 0 unspecified atom stereocenters. The van der Waals surface area contributed by atoms with Gasteiger partial charge in [0.1, 0.15) is 18.7 Å². The number of rotatable bonds is 8. The molecule has 9 nitrogen and oxygen atoms in total. The highest BCUT2D eigenvalue weighted by atomic mass is 32.2. The maximum Gasteiger partial charge on any atom is 0.228 e. The second kappa shape index (κ2) is 8.61. The Labute approximate surface area is 162 Å². The summed E-state index contributed by atoms with van der Waals surface area (Å²) in [5, 5.41) is 13.8. The molecule has 146 valence electrons. The van der Waals surface area contributed by atoms with Crippen LogP contribution in [0.4, 0.5) is 5.69 Å². The van der Waals surface area contributed by atoms with Gasteiger partial charge < -0.3 is 10.1 Å². The van der Waals surface area contributed by atoms with E-state index in [-0.39, 0.29) is 24.7 Å². The summed E-state index contributed by atoms with van der Waals surface area (Å²) in [7, 11) is -3.08. The van der Waals surface area contributed by atoms with Crippen molar-refractivity contribution < 1.29 is 17.9 Å². The summed E-state index contributed by atoms with van der Waals surface area (Å²) in [6, 6.07) is 14.2. The first-order valence-electron chi connectivity index (χ1n) is 8.42. The third kappa shape index (κ3) is 5.88. The number of nitrogens with one attached hydrogen (secondary N) is 1. The molecule has 28 heavy (non-hydrogen) atoms. The normalized spacial score (nSPS) is 11.2. The molecule has 0 saturated carbocycles. The van der Waals surface area contributed by atoms with Gasteiger partial charge in [-0.25, -0.2) is 13.1 Å². The Balaban J connectivity index is 1.55. The lowest BCUT2D eigenvalue weighted by Crippen LogP contribution is -2.15. The number of ether oxygens (including phenoxy) is 1. The zero-order valence-electron chi connectivity index (χ0n) is 15.1. The van der Waals surface area contributed by atoms with Crippen LogP contribution in [0.15, 0.2) is 54.9 Å². The number of benzene rings is 2. The van der Waals surface area contributed by atoms with Crippen LogP contribution in [0.1, 0.15) is 5.56 Å². The molecule has 0 saturated heterocycles. The summed E-state index contributed by atoms with van der Waals surface area (Å²) >= 11 is 0. The van der Waals surface area contributed by atoms with E-state index in [2.05, 4.69) is 20.8 Å². The Morgan fingerprint density at radius 2 is 1.96 bits per heavy atom. The summed E-state index contributed by atoms with van der Waals surface area (Å²) in [5.41, 5.74) is 2.22. The number of nitrogens with zero attached hydrogens (tertiary/aromatic N) is 4. The zero-order valence-corrected chi connectivity index (χ0v) is 16.0. The van der Waals surface area contributed by atoms with Crippen LogP contribution in [0, 0.1) is 0 Å². The quantitative estimate of drug-likeness (QED) is 0.604. The van der Waals surface area contributed by atoms with E-state index in [0.29, 0.717) is 11.4 Å². The largest absolute Gasteiger partial charge is 0.492 e. The Bertz CT molecular complexity index is 1030. The van der Waals surface area contributed by atoms with E-state index < -0.39 is 9.84 Å². The maximum atomic E-state index is 12.3. The summed E-state index contributed by atoms with van der Waals surface area (Å²) in [5.74, 6) is 0.250. The number of carbonyl (C=O) groups excluding carboxylic acids is 1. The molecule has 0 fully saturated rings. The number of hydrogen-bond donors (Lipinski definition) is 1. The van der Waals surface area contributed by atoms with Crippen molar-refractivity contribution in [2.24, 2.45) is 0 Å². The molecule has 1 amide bonds. The minimum atomic E-state index is -3.08. The van der Waals surface area contributed by atoms with Crippen LogP contribution in [0.5, 0.6) is 5.75 Å². The van der Waals surface area contributed by atoms with E-state index in [0.717, 1.165) is 17.5 Å². The predicted molar refractivity (Wildman–Crippen MR) is 103 cm³/mol. The van der Waals surface area contributed by atoms with E-state index in [4.69, 9.17) is 4.74 Å². The standard InChI is InChI=1S/C18H19N5O4S/c1-28(25,26)10-9-27-17-4-2-3-15(12-17)20-18(24)11-14-5-7-16(8-6-14)23-13-19-21-22-23/h2-8,12-13H,9-11H2,1H3,(H,20,24). The highest BCUT2D eigenvalue weighted by molar-refractivity contribution is 7.90. The first-order valence-corrected chi connectivity index (χ1v) is 10.5. The van der Waals surface area contributed by atoms with Crippen molar-refractivity contribution in [2.45, 2.75) is 6.42 Å². The lowest BCUT2D eigenvalue weighted by atomic mass is 10.1. The monoisotopic (exact) mass is 401 g/mol. The molecule has 0 aliphatic heterocycles. The van der Waals surface area contributed by atoms with Crippen LogP contribution in [0.3, 0.4) is 0 Å². The van der Waals surface area contributed by atoms with Crippen LogP contribution in [-0.2, 0) is 21.1 Å². The second-order valence-electron chi connectivity index (χ2n) is 6.15. The molecule has 1 N–H and O–H groups in total. The predicted octanol–water partition coefficient (Wildman–Crippen LogP) is 1.27. The maximum absolute atomic E-state index is 12.3. The third-order valence-corrected chi connectivity index (χ3v) is 4.66. The fourth-order valence-electron chi connectivity index (χ4n) is 2.41. The van der Waals surface area contributed by atoms with Crippen LogP contribution in [0.25, 0.3) is 5.69 Å². The number of amides is 1. The Kier molecular flexibility index (Phi) is 5.99. The number of carbonyl (C=O) groups is 1. The number of hydrogen-bond acceptors (Lipinski definition) is 7. The molecule has 3 rings (SSSR count). The molecule has 0 aliphatic rings. The highest BCUT2D eigenvalue weighted by Gasteiger charge is 2.07. The van der Waals surface area contributed by atoms with Crippen LogP contribution in [-0.4, -0.2) is 53.1 Å². The number of sulfone groups is 1. The van der Waals surface area contributed by atoms with Gasteiger partial charge in [0.05, 0.1) is 17.9 Å². The van der Waals surface area contributed by atoms with Gasteiger partial charge in [0, 0.05) is 18.0 Å². The molecule has 0 aliphatic carbocycles. The molecule has 1 aromatic heterocycles.